The fourth-order valence-corrected chi connectivity index (χ4v) is 3.45. The second-order valence-electron chi connectivity index (χ2n) is 5.23. The second kappa shape index (κ2) is 6.03. The van der Waals surface area contributed by atoms with Crippen LogP contribution in [0, 0.1) is 0 Å². The molecule has 1 aliphatic heterocycles. The minimum absolute atomic E-state index is 0.167. The van der Waals surface area contributed by atoms with Crippen molar-refractivity contribution in [1.82, 2.24) is 9.38 Å². The van der Waals surface area contributed by atoms with Crippen molar-refractivity contribution in [3.63, 3.8) is 0 Å². The van der Waals surface area contributed by atoms with E-state index in [0.717, 1.165) is 37.4 Å². The molecule has 6 nitrogen and oxygen atoms in total. The van der Waals surface area contributed by atoms with E-state index < -0.39 is 5.97 Å². The Kier molecular flexibility index (Phi) is 4.12. The van der Waals surface area contributed by atoms with E-state index in [1.165, 1.54) is 11.3 Å². The van der Waals surface area contributed by atoms with Crippen molar-refractivity contribution in [2.75, 3.05) is 24.6 Å². The molecule has 3 heterocycles. The van der Waals surface area contributed by atoms with Gasteiger partial charge in [0.25, 0.3) is 0 Å². The fourth-order valence-electron chi connectivity index (χ4n) is 2.74. The first-order valence-electron chi connectivity index (χ1n) is 7.26. The van der Waals surface area contributed by atoms with Gasteiger partial charge in [0.05, 0.1) is 6.10 Å². The molecule has 1 aliphatic rings. The average Bonchev–Trinajstić information content (AvgIpc) is 3.05. The number of carbonyl (C=O) groups is 1. The Morgan fingerprint density at radius 1 is 1.62 bits per heavy atom. The molecule has 1 atom stereocenters. The Bertz CT molecular complexity index is 636. The Balaban J connectivity index is 1.87. The zero-order valence-corrected chi connectivity index (χ0v) is 12.8. The van der Waals surface area contributed by atoms with Crippen LogP contribution in [0.2, 0.25) is 0 Å². The molecule has 0 aliphatic carbocycles. The smallest absolute Gasteiger partial charge is 0.356 e. The maximum absolute atomic E-state index is 11.6. The lowest BCUT2D eigenvalue weighted by molar-refractivity contribution is 0.0437. The van der Waals surface area contributed by atoms with Gasteiger partial charge in [0.15, 0.2) is 16.5 Å². The highest BCUT2D eigenvalue weighted by molar-refractivity contribution is 7.15. The van der Waals surface area contributed by atoms with E-state index in [1.807, 2.05) is 10.3 Å². The van der Waals surface area contributed by atoms with Crippen LogP contribution >= 0.6 is 11.3 Å². The first-order valence-corrected chi connectivity index (χ1v) is 8.14. The summed E-state index contributed by atoms with van der Waals surface area (Å²) >= 11 is 1.45. The molecular weight excluding hydrogens is 290 g/mol. The molecule has 2 aromatic rings. The molecule has 21 heavy (non-hydrogen) atoms. The predicted molar refractivity (Wildman–Crippen MR) is 81.5 cm³/mol. The number of thiazole rings is 1. The fraction of sp³-hybridized carbons (Fsp3) is 0.571. The number of aromatic nitrogens is 2. The predicted octanol–water partition coefficient (Wildman–Crippen LogP) is 2.49. The van der Waals surface area contributed by atoms with Crippen LogP contribution in [0.4, 0.5) is 5.82 Å². The van der Waals surface area contributed by atoms with Gasteiger partial charge in [-0.1, -0.05) is 6.92 Å². The van der Waals surface area contributed by atoms with Gasteiger partial charge in [0.1, 0.15) is 0 Å². The van der Waals surface area contributed by atoms with E-state index in [2.05, 4.69) is 11.9 Å². The van der Waals surface area contributed by atoms with Crippen LogP contribution in [-0.4, -0.2) is 46.3 Å². The van der Waals surface area contributed by atoms with E-state index in [-0.39, 0.29) is 11.8 Å². The van der Waals surface area contributed by atoms with E-state index in [4.69, 9.17) is 4.74 Å². The molecule has 3 rings (SSSR count). The van der Waals surface area contributed by atoms with Gasteiger partial charge in [0, 0.05) is 31.3 Å². The molecule has 114 valence electrons. The Morgan fingerprint density at radius 3 is 3.24 bits per heavy atom. The van der Waals surface area contributed by atoms with Crippen molar-refractivity contribution in [2.24, 2.45) is 0 Å². The highest BCUT2D eigenvalue weighted by Gasteiger charge is 2.28. The second-order valence-corrected chi connectivity index (χ2v) is 6.10. The highest BCUT2D eigenvalue weighted by Crippen LogP contribution is 2.27. The summed E-state index contributed by atoms with van der Waals surface area (Å²) in [6, 6.07) is 0. The molecule has 2 aromatic heterocycles. The number of nitrogens with zero attached hydrogens (tertiary/aromatic N) is 3. The molecule has 1 N–H and O–H groups in total. The zero-order chi connectivity index (χ0) is 14.8. The van der Waals surface area contributed by atoms with Gasteiger partial charge >= 0.3 is 5.97 Å². The summed E-state index contributed by atoms with van der Waals surface area (Å²) < 4.78 is 7.47. The summed E-state index contributed by atoms with van der Waals surface area (Å²) in [5.74, 6) is -0.369. The lowest BCUT2D eigenvalue weighted by Crippen LogP contribution is -2.40. The molecule has 0 aromatic carbocycles. The average molecular weight is 309 g/mol. The number of rotatable bonds is 5. The number of carboxylic acid groups (broad SMARTS) is 1. The van der Waals surface area contributed by atoms with Crippen LogP contribution < -0.4 is 4.90 Å². The summed E-state index contributed by atoms with van der Waals surface area (Å²) in [5, 5.41) is 11.3. The topological polar surface area (TPSA) is 67.1 Å². The number of carboxylic acids is 1. The number of aromatic carboxylic acids is 1. The Morgan fingerprint density at radius 2 is 2.48 bits per heavy atom. The summed E-state index contributed by atoms with van der Waals surface area (Å²) in [5.41, 5.74) is 0.252. The number of anilines is 1. The zero-order valence-electron chi connectivity index (χ0n) is 12.0. The van der Waals surface area contributed by atoms with Crippen molar-refractivity contribution in [2.45, 2.75) is 32.3 Å². The number of imidazole rings is 1. The summed E-state index contributed by atoms with van der Waals surface area (Å²) in [6.07, 6.45) is 4.95. The number of ether oxygens (including phenoxy) is 1. The summed E-state index contributed by atoms with van der Waals surface area (Å²) in [7, 11) is 0. The van der Waals surface area contributed by atoms with Gasteiger partial charge in [-0.25, -0.2) is 9.78 Å². The number of hydrogen-bond donors (Lipinski definition) is 1. The van der Waals surface area contributed by atoms with Gasteiger partial charge in [-0.15, -0.1) is 11.3 Å². The Labute approximate surface area is 127 Å². The summed E-state index contributed by atoms with van der Waals surface area (Å²) in [4.78, 5) is 18.9. The molecule has 0 spiro atoms. The third-order valence-corrected chi connectivity index (χ3v) is 4.44. The highest BCUT2D eigenvalue weighted by atomic mass is 32.1. The minimum Gasteiger partial charge on any atom is -0.476 e. The van der Waals surface area contributed by atoms with E-state index >= 15 is 0 Å². The van der Waals surface area contributed by atoms with Crippen LogP contribution in [0.1, 0.15) is 36.7 Å². The number of piperidine rings is 1. The monoisotopic (exact) mass is 309 g/mol. The molecule has 1 saturated heterocycles. The molecule has 0 radical (unpaired) electrons. The first kappa shape index (κ1) is 14.3. The lowest BCUT2D eigenvalue weighted by Gasteiger charge is -2.33. The van der Waals surface area contributed by atoms with Crippen LogP contribution in [0.5, 0.6) is 0 Å². The van der Waals surface area contributed by atoms with E-state index in [1.54, 1.807) is 10.6 Å². The number of hydrogen-bond acceptors (Lipinski definition) is 5. The molecular formula is C14H19N3O3S. The maximum atomic E-state index is 11.6. The summed E-state index contributed by atoms with van der Waals surface area (Å²) in [6.45, 7) is 4.39. The third-order valence-electron chi connectivity index (χ3n) is 3.68. The van der Waals surface area contributed by atoms with E-state index in [0.29, 0.717) is 12.4 Å². The van der Waals surface area contributed by atoms with Crippen LogP contribution in [-0.2, 0) is 4.74 Å². The molecule has 1 unspecified atom stereocenters. The lowest BCUT2D eigenvalue weighted by atomic mass is 10.1. The van der Waals surface area contributed by atoms with Gasteiger partial charge in [0.2, 0.25) is 0 Å². The molecule has 0 saturated carbocycles. The van der Waals surface area contributed by atoms with Crippen LogP contribution in [0.15, 0.2) is 11.6 Å². The standard InChI is InChI=1S/C14H19N3O3S/c1-2-7-20-10-4-3-5-16(9-10)12-11(13(18)19)17-6-8-21-14(17)15-12/h6,8,10H,2-5,7,9H2,1H3,(H,18,19). The molecule has 7 heteroatoms. The molecule has 1 fully saturated rings. The molecule has 0 amide bonds. The van der Waals surface area contributed by atoms with Crippen molar-refractivity contribution >= 4 is 28.1 Å². The third kappa shape index (κ3) is 2.75. The van der Waals surface area contributed by atoms with E-state index in [9.17, 15) is 9.90 Å². The Hall–Kier alpha value is -1.60. The van der Waals surface area contributed by atoms with Gasteiger partial charge in [-0.3, -0.25) is 4.40 Å². The van der Waals surface area contributed by atoms with Gasteiger partial charge < -0.3 is 14.7 Å². The van der Waals surface area contributed by atoms with Gasteiger partial charge in [-0.05, 0) is 19.3 Å². The largest absolute Gasteiger partial charge is 0.476 e. The quantitative estimate of drug-likeness (QED) is 0.919. The number of fused-ring (bicyclic) bond motifs is 1. The van der Waals surface area contributed by atoms with Gasteiger partial charge in [-0.2, -0.15) is 0 Å². The van der Waals surface area contributed by atoms with Crippen LogP contribution in [0.3, 0.4) is 0 Å². The van der Waals surface area contributed by atoms with Crippen molar-refractivity contribution < 1.29 is 14.6 Å². The van der Waals surface area contributed by atoms with Crippen molar-refractivity contribution in [3.05, 3.63) is 17.3 Å². The van der Waals surface area contributed by atoms with Crippen molar-refractivity contribution in [3.8, 4) is 0 Å². The normalized spacial score (nSPS) is 19.3. The van der Waals surface area contributed by atoms with Crippen LogP contribution in [0.25, 0.3) is 4.96 Å². The maximum Gasteiger partial charge on any atom is 0.356 e. The first-order chi connectivity index (χ1) is 10.2. The minimum atomic E-state index is -0.937. The van der Waals surface area contributed by atoms with Crippen molar-refractivity contribution in [1.29, 1.82) is 0 Å². The SMILES string of the molecule is CCCOC1CCCN(c2nc3sccn3c2C(=O)O)C1. The molecule has 0 bridgehead atoms.